The molecule has 184 valence electrons. The predicted molar refractivity (Wildman–Crippen MR) is 134 cm³/mol. The molecule has 1 aliphatic carbocycles. The summed E-state index contributed by atoms with van der Waals surface area (Å²) in [6.07, 6.45) is 1.04. The molecule has 2 aliphatic rings. The number of dihydropyridines is 1. The summed E-state index contributed by atoms with van der Waals surface area (Å²) in [5.41, 5.74) is 4.53. The van der Waals surface area contributed by atoms with Gasteiger partial charge in [-0.3, -0.25) is 4.79 Å². The third-order valence-electron chi connectivity index (χ3n) is 6.63. The van der Waals surface area contributed by atoms with Crippen LogP contribution in [0.1, 0.15) is 56.6 Å². The molecule has 2 atom stereocenters. The van der Waals surface area contributed by atoms with E-state index in [0.717, 1.165) is 22.6 Å². The number of carbonyl (C=O) groups excluding carboxylic acids is 2. The average molecular weight is 476 g/mol. The van der Waals surface area contributed by atoms with Crippen molar-refractivity contribution in [1.82, 2.24) is 5.32 Å². The zero-order valence-corrected chi connectivity index (χ0v) is 21.0. The Kier molecular flexibility index (Phi) is 7.29. The minimum absolute atomic E-state index is 0.0251. The van der Waals surface area contributed by atoms with Crippen molar-refractivity contribution in [1.29, 1.82) is 0 Å². The molecule has 2 aromatic carbocycles. The summed E-state index contributed by atoms with van der Waals surface area (Å²) in [7, 11) is 3.24. The van der Waals surface area contributed by atoms with Crippen LogP contribution in [0.25, 0.3) is 0 Å². The maximum absolute atomic E-state index is 13.7. The van der Waals surface area contributed by atoms with E-state index >= 15 is 0 Å². The second-order valence-electron chi connectivity index (χ2n) is 9.52. The van der Waals surface area contributed by atoms with Crippen LogP contribution in [-0.4, -0.2) is 32.6 Å². The molecule has 0 bridgehead atoms. The lowest BCUT2D eigenvalue weighted by Crippen LogP contribution is -2.36. The molecule has 1 heterocycles. The second kappa shape index (κ2) is 10.4. The molecule has 35 heavy (non-hydrogen) atoms. The number of para-hydroxylation sites is 1. The van der Waals surface area contributed by atoms with Gasteiger partial charge in [0.25, 0.3) is 0 Å². The van der Waals surface area contributed by atoms with Gasteiger partial charge in [0.1, 0.15) is 11.5 Å². The maximum atomic E-state index is 13.7. The van der Waals surface area contributed by atoms with Crippen LogP contribution in [0.4, 0.5) is 0 Å². The number of allylic oxidation sites excluding steroid dienone is 3. The molecular weight excluding hydrogens is 442 g/mol. The van der Waals surface area contributed by atoms with E-state index in [1.807, 2.05) is 69.3 Å². The summed E-state index contributed by atoms with van der Waals surface area (Å²) in [6, 6.07) is 15.4. The highest BCUT2D eigenvalue weighted by Crippen LogP contribution is 2.47. The van der Waals surface area contributed by atoms with E-state index in [2.05, 4.69) is 5.32 Å². The van der Waals surface area contributed by atoms with E-state index in [1.165, 1.54) is 0 Å². The summed E-state index contributed by atoms with van der Waals surface area (Å²) in [4.78, 5) is 27.0. The number of methoxy groups -OCH3 is 2. The van der Waals surface area contributed by atoms with E-state index in [4.69, 9.17) is 14.2 Å². The fourth-order valence-electron chi connectivity index (χ4n) is 4.96. The van der Waals surface area contributed by atoms with Gasteiger partial charge in [-0.25, -0.2) is 4.79 Å². The van der Waals surface area contributed by atoms with E-state index < -0.39 is 11.9 Å². The molecular formula is C29H33NO5. The van der Waals surface area contributed by atoms with Crippen LogP contribution < -0.4 is 14.8 Å². The first kappa shape index (κ1) is 24.6. The predicted octanol–water partition coefficient (Wildman–Crippen LogP) is 5.26. The van der Waals surface area contributed by atoms with Crippen LogP contribution in [-0.2, 0) is 14.3 Å². The molecule has 0 aromatic heterocycles. The van der Waals surface area contributed by atoms with Gasteiger partial charge in [-0.1, -0.05) is 44.2 Å². The van der Waals surface area contributed by atoms with Crippen molar-refractivity contribution >= 4 is 11.8 Å². The van der Waals surface area contributed by atoms with Crippen molar-refractivity contribution in [2.75, 3.05) is 20.8 Å². The molecule has 0 spiro atoms. The lowest BCUT2D eigenvalue weighted by Gasteiger charge is -2.37. The smallest absolute Gasteiger partial charge is 0.336 e. The van der Waals surface area contributed by atoms with Crippen LogP contribution in [0.5, 0.6) is 11.5 Å². The van der Waals surface area contributed by atoms with Gasteiger partial charge >= 0.3 is 5.97 Å². The van der Waals surface area contributed by atoms with Crippen LogP contribution in [0.3, 0.4) is 0 Å². The van der Waals surface area contributed by atoms with E-state index in [0.29, 0.717) is 42.0 Å². The normalized spacial score (nSPS) is 19.9. The molecule has 0 fully saturated rings. The van der Waals surface area contributed by atoms with Crippen molar-refractivity contribution in [2.24, 2.45) is 5.92 Å². The van der Waals surface area contributed by atoms with Crippen LogP contribution in [0, 0.1) is 5.92 Å². The highest BCUT2D eigenvalue weighted by molar-refractivity contribution is 6.04. The zero-order chi connectivity index (χ0) is 25.1. The third kappa shape index (κ3) is 4.97. The molecule has 4 rings (SSSR count). The van der Waals surface area contributed by atoms with Crippen LogP contribution in [0.2, 0.25) is 0 Å². The largest absolute Gasteiger partial charge is 0.497 e. The quantitative estimate of drug-likeness (QED) is 0.551. The number of nitrogens with one attached hydrogen (secondary N) is 1. The number of benzene rings is 2. The highest BCUT2D eigenvalue weighted by atomic mass is 16.5. The first-order valence-electron chi connectivity index (χ1n) is 12.0. The summed E-state index contributed by atoms with van der Waals surface area (Å²) in [5, 5.41) is 3.40. The molecule has 0 saturated carbocycles. The first-order valence-corrected chi connectivity index (χ1v) is 12.0. The van der Waals surface area contributed by atoms with Gasteiger partial charge in [0.15, 0.2) is 5.78 Å². The topological polar surface area (TPSA) is 73.9 Å². The summed E-state index contributed by atoms with van der Waals surface area (Å²) in [5.74, 6) is 0.738. The lowest BCUT2D eigenvalue weighted by atomic mass is 9.71. The average Bonchev–Trinajstić information content (AvgIpc) is 2.86. The zero-order valence-electron chi connectivity index (χ0n) is 21.0. The van der Waals surface area contributed by atoms with Crippen molar-refractivity contribution in [3.8, 4) is 11.5 Å². The Morgan fingerprint density at radius 1 is 1.03 bits per heavy atom. The molecule has 0 saturated heterocycles. The van der Waals surface area contributed by atoms with Crippen LogP contribution >= 0.6 is 0 Å². The fraction of sp³-hybridized carbons (Fsp3) is 0.379. The number of rotatable bonds is 7. The van der Waals surface area contributed by atoms with Gasteiger partial charge in [0.05, 0.1) is 32.3 Å². The molecule has 0 radical (unpaired) electrons. The van der Waals surface area contributed by atoms with E-state index in [-0.39, 0.29) is 17.6 Å². The maximum Gasteiger partial charge on any atom is 0.336 e. The minimum Gasteiger partial charge on any atom is -0.497 e. The molecule has 2 aromatic rings. The highest BCUT2D eigenvalue weighted by Gasteiger charge is 2.42. The summed E-state index contributed by atoms with van der Waals surface area (Å²) >= 11 is 0. The van der Waals surface area contributed by atoms with Crippen molar-refractivity contribution in [2.45, 2.75) is 45.4 Å². The van der Waals surface area contributed by atoms with Gasteiger partial charge < -0.3 is 19.5 Å². The van der Waals surface area contributed by atoms with E-state index in [1.54, 1.807) is 14.2 Å². The Morgan fingerprint density at radius 3 is 2.40 bits per heavy atom. The Morgan fingerprint density at radius 2 is 1.74 bits per heavy atom. The van der Waals surface area contributed by atoms with Gasteiger partial charge in [-0.05, 0) is 48.9 Å². The number of esters is 1. The number of ether oxygens (including phenoxy) is 3. The van der Waals surface area contributed by atoms with Gasteiger partial charge in [0.2, 0.25) is 0 Å². The van der Waals surface area contributed by atoms with Gasteiger partial charge in [0, 0.05) is 29.0 Å². The molecule has 0 unspecified atom stereocenters. The SMILES string of the molecule is COc1ccc([C@H]2CC(=O)C3=C(C2)NC(C)=C(C(=O)OCC(C)C)[C@H]3c2ccccc2OC)cc1. The van der Waals surface area contributed by atoms with Crippen molar-refractivity contribution in [3.05, 3.63) is 82.2 Å². The number of Topliss-reactive ketones (excluding diaryl/α,β-unsaturated/α-hetero) is 1. The van der Waals surface area contributed by atoms with Crippen LogP contribution in [0.15, 0.2) is 71.1 Å². The molecule has 6 heteroatoms. The third-order valence-corrected chi connectivity index (χ3v) is 6.63. The summed E-state index contributed by atoms with van der Waals surface area (Å²) < 4.78 is 16.6. The number of carbonyl (C=O) groups is 2. The Bertz CT molecular complexity index is 1180. The monoisotopic (exact) mass is 475 g/mol. The Hall–Kier alpha value is -3.54. The fourth-order valence-corrected chi connectivity index (χ4v) is 4.96. The van der Waals surface area contributed by atoms with Gasteiger partial charge in [-0.15, -0.1) is 0 Å². The first-order chi connectivity index (χ1) is 16.8. The van der Waals surface area contributed by atoms with Crippen molar-refractivity contribution < 1.29 is 23.8 Å². The summed E-state index contributed by atoms with van der Waals surface area (Å²) in [6.45, 7) is 6.18. The van der Waals surface area contributed by atoms with E-state index in [9.17, 15) is 9.59 Å². The number of hydrogen-bond acceptors (Lipinski definition) is 6. The number of hydrogen-bond donors (Lipinski definition) is 1. The Balaban J connectivity index is 1.77. The van der Waals surface area contributed by atoms with Crippen molar-refractivity contribution in [3.63, 3.8) is 0 Å². The molecule has 6 nitrogen and oxygen atoms in total. The standard InChI is InChI=1S/C29H33NO5/c1-17(2)16-35-29(32)26-18(3)30-23-14-20(19-10-12-21(33-4)13-11-19)15-24(31)28(23)27(26)22-8-6-7-9-25(22)34-5/h6-13,17,20,27,30H,14-16H2,1-5H3/t20-,27-/m1/s1. The molecule has 0 amide bonds. The number of ketones is 1. The lowest BCUT2D eigenvalue weighted by molar-refractivity contribution is -0.140. The Labute approximate surface area is 207 Å². The van der Waals surface area contributed by atoms with Gasteiger partial charge in [-0.2, -0.15) is 0 Å². The minimum atomic E-state index is -0.550. The molecule has 1 N–H and O–H groups in total. The molecule has 1 aliphatic heterocycles. The second-order valence-corrected chi connectivity index (χ2v) is 9.52.